The first kappa shape index (κ1) is 29.7. The number of hydrogen-bond acceptors (Lipinski definition) is 3. The van der Waals surface area contributed by atoms with E-state index in [1.807, 2.05) is 29.5 Å². The van der Waals surface area contributed by atoms with E-state index in [0.29, 0.717) is 0 Å². The molecule has 51 heavy (non-hydrogen) atoms. The lowest BCUT2D eigenvalue weighted by Gasteiger charge is -2.28. The van der Waals surface area contributed by atoms with Gasteiger partial charge in [0.25, 0.3) is 0 Å². The monoisotopic (exact) mass is 668 g/mol. The molecule has 3 heteroatoms. The van der Waals surface area contributed by atoms with Crippen LogP contribution < -0.4 is 0 Å². The maximum absolute atomic E-state index is 5.21. The summed E-state index contributed by atoms with van der Waals surface area (Å²) in [6, 6.07) is 63.2. The molecule has 0 saturated carbocycles. The summed E-state index contributed by atoms with van der Waals surface area (Å²) in [6.45, 7) is 2.36. The van der Waals surface area contributed by atoms with Gasteiger partial charge in [-0.05, 0) is 70.1 Å². The van der Waals surface area contributed by atoms with Gasteiger partial charge >= 0.3 is 0 Å². The third-order valence-electron chi connectivity index (χ3n) is 10.6. The maximum Gasteiger partial charge on any atom is 0.160 e. The highest BCUT2D eigenvalue weighted by molar-refractivity contribution is 7.25. The second-order valence-electron chi connectivity index (χ2n) is 13.5. The first-order chi connectivity index (χ1) is 25.1. The van der Waals surface area contributed by atoms with Gasteiger partial charge in [0.05, 0.1) is 11.4 Å². The predicted octanol–water partition coefficient (Wildman–Crippen LogP) is 12.8. The van der Waals surface area contributed by atoms with Crippen LogP contribution in [0.4, 0.5) is 0 Å². The lowest BCUT2D eigenvalue weighted by molar-refractivity contribution is 0.714. The minimum atomic E-state index is -0.284. The van der Waals surface area contributed by atoms with Gasteiger partial charge in [0.1, 0.15) is 0 Å². The van der Waals surface area contributed by atoms with E-state index in [1.54, 1.807) is 0 Å². The van der Waals surface area contributed by atoms with Crippen LogP contribution in [0.15, 0.2) is 176 Å². The zero-order chi connectivity index (χ0) is 33.9. The van der Waals surface area contributed by atoms with E-state index < -0.39 is 0 Å². The molecular formula is C48H32N2S. The molecule has 10 rings (SSSR count). The Bertz CT molecular complexity index is 2750. The summed E-state index contributed by atoms with van der Waals surface area (Å²) in [5.41, 5.74) is 13.6. The molecule has 0 radical (unpaired) electrons. The number of aromatic nitrogens is 2. The second kappa shape index (κ2) is 11.7. The van der Waals surface area contributed by atoms with Gasteiger partial charge in [0.2, 0.25) is 0 Å². The van der Waals surface area contributed by atoms with E-state index in [4.69, 9.17) is 9.97 Å². The summed E-state index contributed by atoms with van der Waals surface area (Å²) >= 11 is 1.85. The van der Waals surface area contributed by atoms with E-state index in [-0.39, 0.29) is 5.41 Å². The third kappa shape index (κ3) is 4.77. The SMILES string of the molecule is CC1(c2ccccc2)c2ccccc2-c2ccc(-c3cc(-c4ccc(-c5cccc6sc7ccccc7c56)cc4)nc(-c4ccccc4)n3)cc21. The van der Waals surface area contributed by atoms with Crippen molar-refractivity contribution in [3.05, 3.63) is 193 Å². The lowest BCUT2D eigenvalue weighted by Crippen LogP contribution is -2.22. The van der Waals surface area contributed by atoms with Gasteiger partial charge in [-0.3, -0.25) is 0 Å². The Labute approximate surface area is 301 Å². The average Bonchev–Trinajstić information content (AvgIpc) is 3.72. The van der Waals surface area contributed by atoms with Crippen molar-refractivity contribution in [2.24, 2.45) is 0 Å². The summed E-state index contributed by atoms with van der Waals surface area (Å²) in [4.78, 5) is 10.4. The Kier molecular flexibility index (Phi) is 6.83. The van der Waals surface area contributed by atoms with Crippen LogP contribution in [0, 0.1) is 0 Å². The molecule has 2 aromatic heterocycles. The minimum absolute atomic E-state index is 0.284. The normalized spacial score (nSPS) is 14.8. The lowest BCUT2D eigenvalue weighted by atomic mass is 9.74. The molecule has 9 aromatic rings. The van der Waals surface area contributed by atoms with E-state index in [2.05, 4.69) is 165 Å². The molecule has 0 fully saturated rings. The van der Waals surface area contributed by atoms with E-state index in [0.717, 1.165) is 33.9 Å². The van der Waals surface area contributed by atoms with E-state index in [1.165, 1.54) is 59.1 Å². The van der Waals surface area contributed by atoms with Crippen molar-refractivity contribution in [1.82, 2.24) is 9.97 Å². The van der Waals surface area contributed by atoms with Crippen molar-refractivity contribution in [2.45, 2.75) is 12.3 Å². The van der Waals surface area contributed by atoms with Crippen LogP contribution in [-0.4, -0.2) is 9.97 Å². The Morgan fingerprint density at radius 3 is 1.86 bits per heavy atom. The average molecular weight is 669 g/mol. The Hall–Kier alpha value is -6.16. The minimum Gasteiger partial charge on any atom is -0.228 e. The molecule has 0 amide bonds. The zero-order valence-electron chi connectivity index (χ0n) is 28.0. The summed E-state index contributed by atoms with van der Waals surface area (Å²) < 4.78 is 2.63. The molecule has 1 atom stereocenters. The number of hydrogen-bond donors (Lipinski definition) is 0. The molecule has 0 N–H and O–H groups in total. The largest absolute Gasteiger partial charge is 0.228 e. The molecule has 7 aromatic carbocycles. The number of thiophene rings is 1. The van der Waals surface area contributed by atoms with Crippen molar-refractivity contribution in [3.63, 3.8) is 0 Å². The quantitative estimate of drug-likeness (QED) is 0.182. The first-order valence-electron chi connectivity index (χ1n) is 17.4. The van der Waals surface area contributed by atoms with Crippen LogP contribution >= 0.6 is 11.3 Å². The Balaban J connectivity index is 1.11. The molecule has 1 unspecified atom stereocenters. The highest BCUT2D eigenvalue weighted by Gasteiger charge is 2.40. The first-order valence-corrected chi connectivity index (χ1v) is 18.2. The van der Waals surface area contributed by atoms with Gasteiger partial charge in [0, 0.05) is 42.3 Å². The van der Waals surface area contributed by atoms with Gasteiger partial charge < -0.3 is 0 Å². The molecule has 1 aliphatic rings. The number of fused-ring (bicyclic) bond motifs is 6. The molecule has 240 valence electrons. The predicted molar refractivity (Wildman–Crippen MR) is 214 cm³/mol. The summed E-state index contributed by atoms with van der Waals surface area (Å²) in [7, 11) is 0. The fraction of sp³-hybridized carbons (Fsp3) is 0.0417. The number of nitrogens with zero attached hydrogens (tertiary/aromatic N) is 2. The van der Waals surface area contributed by atoms with E-state index >= 15 is 0 Å². The van der Waals surface area contributed by atoms with Crippen LogP contribution in [-0.2, 0) is 5.41 Å². The van der Waals surface area contributed by atoms with E-state index in [9.17, 15) is 0 Å². The van der Waals surface area contributed by atoms with Crippen LogP contribution in [0.5, 0.6) is 0 Å². The van der Waals surface area contributed by atoms with Gasteiger partial charge in [-0.25, -0.2) is 9.97 Å². The van der Waals surface area contributed by atoms with Crippen LogP contribution in [0.2, 0.25) is 0 Å². The standard InChI is InChI=1S/C48H32N2S/c1-48(35-15-6-3-7-16-35)40-20-10-8-17-37(40)38-28-27-34(29-41(38)48)43-30-42(49-47(50-43)33-13-4-2-5-14-33)32-25-23-31(24-26-32)36-19-12-22-45-46(36)39-18-9-11-21-44(39)51-45/h2-30H,1H3. The highest BCUT2D eigenvalue weighted by Crippen LogP contribution is 2.53. The fourth-order valence-corrected chi connectivity index (χ4v) is 9.16. The van der Waals surface area contributed by atoms with Gasteiger partial charge in [-0.2, -0.15) is 0 Å². The third-order valence-corrected chi connectivity index (χ3v) is 11.7. The van der Waals surface area contributed by atoms with Crippen molar-refractivity contribution in [3.8, 4) is 56.2 Å². The van der Waals surface area contributed by atoms with Crippen LogP contribution in [0.1, 0.15) is 23.6 Å². The molecule has 1 aliphatic carbocycles. The van der Waals surface area contributed by atoms with Gasteiger partial charge in [-0.1, -0.05) is 152 Å². The van der Waals surface area contributed by atoms with Crippen LogP contribution in [0.25, 0.3) is 76.3 Å². The molecule has 0 saturated heterocycles. The second-order valence-corrected chi connectivity index (χ2v) is 14.6. The summed E-state index contributed by atoms with van der Waals surface area (Å²) in [5, 5.41) is 2.63. The molecule has 2 nitrogen and oxygen atoms in total. The molecule has 0 bridgehead atoms. The van der Waals surface area contributed by atoms with Crippen molar-refractivity contribution in [2.75, 3.05) is 0 Å². The zero-order valence-corrected chi connectivity index (χ0v) is 28.9. The molecule has 0 spiro atoms. The topological polar surface area (TPSA) is 25.8 Å². The van der Waals surface area contributed by atoms with Crippen molar-refractivity contribution >= 4 is 31.5 Å². The number of benzene rings is 7. The van der Waals surface area contributed by atoms with Crippen molar-refractivity contribution in [1.29, 1.82) is 0 Å². The maximum atomic E-state index is 5.21. The molecule has 0 aliphatic heterocycles. The Morgan fingerprint density at radius 1 is 0.431 bits per heavy atom. The molecule has 2 heterocycles. The summed E-state index contributed by atoms with van der Waals surface area (Å²) in [6.07, 6.45) is 0. The number of rotatable bonds is 5. The van der Waals surface area contributed by atoms with Gasteiger partial charge in [0.15, 0.2) is 5.82 Å². The van der Waals surface area contributed by atoms with Crippen molar-refractivity contribution < 1.29 is 0 Å². The summed E-state index contributed by atoms with van der Waals surface area (Å²) in [5.74, 6) is 0.719. The smallest absolute Gasteiger partial charge is 0.160 e. The highest BCUT2D eigenvalue weighted by atomic mass is 32.1. The van der Waals surface area contributed by atoms with Gasteiger partial charge in [-0.15, -0.1) is 11.3 Å². The van der Waals surface area contributed by atoms with Crippen LogP contribution in [0.3, 0.4) is 0 Å². The molecular weight excluding hydrogens is 637 g/mol. The Morgan fingerprint density at radius 2 is 1.04 bits per heavy atom. The fourth-order valence-electron chi connectivity index (χ4n) is 8.03.